The van der Waals surface area contributed by atoms with Gasteiger partial charge in [0, 0.05) is 19.1 Å². The van der Waals surface area contributed by atoms with Crippen LogP contribution in [-0.2, 0) is 4.74 Å². The second-order valence-electron chi connectivity index (χ2n) is 4.12. The summed E-state index contributed by atoms with van der Waals surface area (Å²) in [5.74, 6) is 0.435. The Morgan fingerprint density at radius 1 is 1.61 bits per heavy atom. The molecule has 0 saturated carbocycles. The molecule has 0 bridgehead atoms. The van der Waals surface area contributed by atoms with Gasteiger partial charge in [-0.25, -0.2) is 9.79 Å². The number of rotatable bonds is 4. The summed E-state index contributed by atoms with van der Waals surface area (Å²) in [6.07, 6.45) is 3.16. The average molecular weight is 254 g/mol. The minimum absolute atomic E-state index is 0.232. The highest BCUT2D eigenvalue weighted by Crippen LogP contribution is 2.11. The summed E-state index contributed by atoms with van der Waals surface area (Å²) in [7, 11) is 0. The molecule has 102 valence electrons. The number of hydrogen-bond acceptors (Lipinski definition) is 3. The van der Waals surface area contributed by atoms with Crippen LogP contribution in [0.1, 0.15) is 19.8 Å². The Hall–Kier alpha value is -1.72. The predicted molar refractivity (Wildman–Crippen MR) is 71.4 cm³/mol. The Morgan fingerprint density at radius 2 is 2.28 bits per heavy atom. The van der Waals surface area contributed by atoms with E-state index in [9.17, 15) is 4.79 Å². The highest BCUT2D eigenvalue weighted by molar-refractivity contribution is 5.78. The number of nitrogens with two attached hydrogens (primary N) is 1. The molecule has 1 aliphatic heterocycles. The number of amides is 1. The number of ether oxygens (including phenoxy) is 1. The Morgan fingerprint density at radius 3 is 2.83 bits per heavy atom. The lowest BCUT2D eigenvalue weighted by Gasteiger charge is -2.31. The molecule has 1 saturated heterocycles. The molecule has 1 amide bonds. The zero-order valence-electron chi connectivity index (χ0n) is 10.9. The third-order valence-corrected chi connectivity index (χ3v) is 2.76. The fourth-order valence-electron chi connectivity index (χ4n) is 1.84. The lowest BCUT2D eigenvalue weighted by molar-refractivity contribution is 0.0963. The first-order valence-electron chi connectivity index (χ1n) is 6.26. The number of nitrogens with zero attached hydrogens (tertiary/aromatic N) is 2. The summed E-state index contributed by atoms with van der Waals surface area (Å²) in [6, 6.07) is 0.268. The standard InChI is InChI=1S/C12H22N4O2/c1-3-7-14-11(13)15-10-5-8-16(9-6-10)12(17)18-4-2/h3,10H,1,4-9H2,2H3,(H3,13,14,15). The van der Waals surface area contributed by atoms with E-state index in [1.54, 1.807) is 11.0 Å². The maximum absolute atomic E-state index is 11.5. The van der Waals surface area contributed by atoms with Crippen LogP contribution in [0, 0.1) is 0 Å². The van der Waals surface area contributed by atoms with Gasteiger partial charge in [0.15, 0.2) is 5.96 Å². The maximum Gasteiger partial charge on any atom is 0.409 e. The molecule has 18 heavy (non-hydrogen) atoms. The monoisotopic (exact) mass is 254 g/mol. The zero-order valence-corrected chi connectivity index (χ0v) is 10.9. The van der Waals surface area contributed by atoms with Gasteiger partial charge in [-0.1, -0.05) is 6.08 Å². The van der Waals surface area contributed by atoms with Crippen molar-refractivity contribution < 1.29 is 9.53 Å². The Balaban J connectivity index is 2.31. The van der Waals surface area contributed by atoms with Crippen LogP contribution >= 0.6 is 0 Å². The van der Waals surface area contributed by atoms with Gasteiger partial charge >= 0.3 is 6.09 Å². The molecule has 1 rings (SSSR count). The van der Waals surface area contributed by atoms with Crippen molar-refractivity contribution in [2.75, 3.05) is 26.2 Å². The molecule has 0 spiro atoms. The van der Waals surface area contributed by atoms with Crippen molar-refractivity contribution in [3.8, 4) is 0 Å². The third kappa shape index (κ3) is 4.65. The number of aliphatic imine (C=N–C) groups is 1. The van der Waals surface area contributed by atoms with Gasteiger partial charge in [0.1, 0.15) is 0 Å². The van der Waals surface area contributed by atoms with Gasteiger partial charge in [-0.2, -0.15) is 0 Å². The number of likely N-dealkylation sites (tertiary alicyclic amines) is 1. The number of guanidine groups is 1. The third-order valence-electron chi connectivity index (χ3n) is 2.76. The van der Waals surface area contributed by atoms with Crippen LogP contribution in [0.15, 0.2) is 17.6 Å². The smallest absolute Gasteiger partial charge is 0.409 e. The van der Waals surface area contributed by atoms with Gasteiger partial charge in [-0.15, -0.1) is 6.58 Å². The van der Waals surface area contributed by atoms with Crippen LogP contribution in [-0.4, -0.2) is 49.2 Å². The van der Waals surface area contributed by atoms with E-state index in [4.69, 9.17) is 10.5 Å². The van der Waals surface area contributed by atoms with Crippen molar-refractivity contribution in [1.29, 1.82) is 0 Å². The molecule has 0 unspecified atom stereocenters. The van der Waals surface area contributed by atoms with Gasteiger partial charge in [-0.05, 0) is 19.8 Å². The molecule has 0 aromatic heterocycles. The van der Waals surface area contributed by atoms with Crippen molar-refractivity contribution in [2.45, 2.75) is 25.8 Å². The van der Waals surface area contributed by atoms with Crippen LogP contribution in [0.3, 0.4) is 0 Å². The Labute approximate surface area is 108 Å². The van der Waals surface area contributed by atoms with Crippen molar-refractivity contribution in [3.63, 3.8) is 0 Å². The highest BCUT2D eigenvalue weighted by atomic mass is 16.6. The first kappa shape index (κ1) is 14.3. The van der Waals surface area contributed by atoms with Gasteiger partial charge in [0.05, 0.1) is 13.2 Å². The van der Waals surface area contributed by atoms with E-state index in [1.165, 1.54) is 0 Å². The summed E-state index contributed by atoms with van der Waals surface area (Å²) in [5, 5.41) is 3.15. The summed E-state index contributed by atoms with van der Waals surface area (Å²) in [6.45, 7) is 7.69. The van der Waals surface area contributed by atoms with E-state index in [2.05, 4.69) is 16.9 Å². The predicted octanol–water partition coefficient (Wildman–Crippen LogP) is 0.698. The van der Waals surface area contributed by atoms with Gasteiger partial charge < -0.3 is 20.7 Å². The van der Waals surface area contributed by atoms with Gasteiger partial charge in [0.25, 0.3) is 0 Å². The average Bonchev–Trinajstić information content (AvgIpc) is 2.37. The highest BCUT2D eigenvalue weighted by Gasteiger charge is 2.23. The van der Waals surface area contributed by atoms with Gasteiger partial charge in [-0.3, -0.25) is 0 Å². The molecule has 0 aromatic rings. The molecule has 3 N–H and O–H groups in total. The summed E-state index contributed by atoms with van der Waals surface area (Å²) in [5.41, 5.74) is 5.72. The molecule has 0 aliphatic carbocycles. The number of piperidine rings is 1. The normalized spacial score (nSPS) is 17.4. The minimum Gasteiger partial charge on any atom is -0.450 e. The molecule has 6 nitrogen and oxygen atoms in total. The first-order chi connectivity index (χ1) is 8.67. The lowest BCUT2D eigenvalue weighted by Crippen LogP contribution is -2.48. The van der Waals surface area contributed by atoms with E-state index in [1.807, 2.05) is 6.92 Å². The molecular weight excluding hydrogens is 232 g/mol. The molecule has 0 radical (unpaired) electrons. The number of hydrogen-bond donors (Lipinski definition) is 2. The van der Waals surface area contributed by atoms with E-state index in [-0.39, 0.29) is 12.1 Å². The topological polar surface area (TPSA) is 80.0 Å². The molecule has 6 heteroatoms. The molecule has 0 aromatic carbocycles. The van der Waals surface area contributed by atoms with Gasteiger partial charge in [0.2, 0.25) is 0 Å². The SMILES string of the molecule is C=CCN=C(N)NC1CCN(C(=O)OCC)CC1. The van der Waals surface area contributed by atoms with Crippen molar-refractivity contribution in [2.24, 2.45) is 10.7 Å². The van der Waals surface area contributed by atoms with Crippen LogP contribution in [0.25, 0.3) is 0 Å². The number of nitrogens with one attached hydrogen (secondary N) is 1. The minimum atomic E-state index is -0.232. The largest absolute Gasteiger partial charge is 0.450 e. The Kier molecular flexibility index (Phi) is 6.04. The molecular formula is C12H22N4O2. The molecule has 1 fully saturated rings. The fraction of sp³-hybridized carbons (Fsp3) is 0.667. The van der Waals surface area contributed by atoms with E-state index in [0.717, 1.165) is 12.8 Å². The summed E-state index contributed by atoms with van der Waals surface area (Å²) < 4.78 is 4.96. The summed E-state index contributed by atoms with van der Waals surface area (Å²) in [4.78, 5) is 17.3. The number of carbonyl (C=O) groups is 1. The second kappa shape index (κ2) is 7.58. The van der Waals surface area contributed by atoms with Crippen LogP contribution in [0.5, 0.6) is 0 Å². The molecule has 0 atom stereocenters. The van der Waals surface area contributed by atoms with Crippen molar-refractivity contribution >= 4 is 12.1 Å². The van der Waals surface area contributed by atoms with Crippen molar-refractivity contribution in [3.05, 3.63) is 12.7 Å². The van der Waals surface area contributed by atoms with Crippen molar-refractivity contribution in [1.82, 2.24) is 10.2 Å². The summed E-state index contributed by atoms with van der Waals surface area (Å²) >= 11 is 0. The van der Waals surface area contributed by atoms with Crippen LogP contribution in [0.4, 0.5) is 4.79 Å². The molecule has 1 aliphatic rings. The van der Waals surface area contributed by atoms with E-state index in [0.29, 0.717) is 32.2 Å². The van der Waals surface area contributed by atoms with E-state index >= 15 is 0 Å². The quantitative estimate of drug-likeness (QED) is 0.439. The molecule has 1 heterocycles. The first-order valence-corrected chi connectivity index (χ1v) is 6.26. The lowest BCUT2D eigenvalue weighted by atomic mass is 10.1. The Bertz CT molecular complexity index is 309. The number of carbonyl (C=O) groups excluding carboxylic acids is 1. The maximum atomic E-state index is 11.5. The van der Waals surface area contributed by atoms with Crippen LogP contribution in [0.2, 0.25) is 0 Å². The fourth-order valence-corrected chi connectivity index (χ4v) is 1.84. The van der Waals surface area contributed by atoms with Crippen LogP contribution < -0.4 is 11.1 Å². The zero-order chi connectivity index (χ0) is 13.4. The van der Waals surface area contributed by atoms with E-state index < -0.39 is 0 Å². The second-order valence-corrected chi connectivity index (χ2v) is 4.12.